The van der Waals surface area contributed by atoms with Crippen molar-refractivity contribution >= 4 is 12.4 Å². The number of hydrogen-bond donors (Lipinski definition) is 1. The Kier molecular flexibility index (Phi) is 6.75. The molecule has 0 aromatic carbocycles. The van der Waals surface area contributed by atoms with E-state index in [1.807, 2.05) is 21.8 Å². The molecule has 0 spiro atoms. The van der Waals surface area contributed by atoms with Crippen LogP contribution in [0.2, 0.25) is 0 Å². The SMILES string of the molecule is CCCn1cc(CNCc2cnn(C(C)C)c2)cn1.Cl. The maximum absolute atomic E-state index is 4.33. The van der Waals surface area contributed by atoms with Crippen molar-refractivity contribution in [3.63, 3.8) is 0 Å². The van der Waals surface area contributed by atoms with Crippen LogP contribution < -0.4 is 5.32 Å². The van der Waals surface area contributed by atoms with Crippen LogP contribution in [0.15, 0.2) is 24.8 Å². The van der Waals surface area contributed by atoms with E-state index in [-0.39, 0.29) is 12.4 Å². The first-order valence-corrected chi connectivity index (χ1v) is 6.94. The van der Waals surface area contributed by atoms with Crippen molar-refractivity contribution in [3.05, 3.63) is 35.9 Å². The van der Waals surface area contributed by atoms with Crippen LogP contribution in [-0.2, 0) is 19.6 Å². The van der Waals surface area contributed by atoms with Crippen molar-refractivity contribution in [2.75, 3.05) is 0 Å². The van der Waals surface area contributed by atoms with E-state index in [9.17, 15) is 0 Å². The molecule has 0 aliphatic carbocycles. The number of aromatic nitrogens is 4. The van der Waals surface area contributed by atoms with Gasteiger partial charge in [0.1, 0.15) is 0 Å². The molecule has 0 amide bonds. The number of hydrogen-bond acceptors (Lipinski definition) is 3. The van der Waals surface area contributed by atoms with Gasteiger partial charge in [0, 0.05) is 49.2 Å². The molecule has 0 saturated carbocycles. The van der Waals surface area contributed by atoms with Gasteiger partial charge in [0.15, 0.2) is 0 Å². The topological polar surface area (TPSA) is 47.7 Å². The van der Waals surface area contributed by atoms with Crippen LogP contribution in [0.3, 0.4) is 0 Å². The maximum Gasteiger partial charge on any atom is 0.0534 e. The summed E-state index contributed by atoms with van der Waals surface area (Å²) >= 11 is 0. The molecule has 2 heterocycles. The number of aryl methyl sites for hydroxylation is 1. The minimum atomic E-state index is 0. The van der Waals surface area contributed by atoms with E-state index in [0.717, 1.165) is 26.1 Å². The molecule has 2 aromatic heterocycles. The van der Waals surface area contributed by atoms with E-state index < -0.39 is 0 Å². The van der Waals surface area contributed by atoms with Crippen molar-refractivity contribution in [2.45, 2.75) is 52.9 Å². The second-order valence-corrected chi connectivity index (χ2v) is 5.14. The number of rotatable bonds is 7. The number of nitrogens with one attached hydrogen (secondary N) is 1. The maximum atomic E-state index is 4.33. The van der Waals surface area contributed by atoms with Crippen molar-refractivity contribution < 1.29 is 0 Å². The normalized spacial score (nSPS) is 10.8. The van der Waals surface area contributed by atoms with Crippen LogP contribution in [0.25, 0.3) is 0 Å². The highest BCUT2D eigenvalue weighted by Gasteiger charge is 2.02. The molecular weight excluding hydrogens is 274 g/mol. The van der Waals surface area contributed by atoms with Gasteiger partial charge in [-0.15, -0.1) is 12.4 Å². The lowest BCUT2D eigenvalue weighted by atomic mass is 10.3. The predicted octanol–water partition coefficient (Wildman–Crippen LogP) is 2.78. The highest BCUT2D eigenvalue weighted by Crippen LogP contribution is 2.05. The van der Waals surface area contributed by atoms with Gasteiger partial charge in [0.05, 0.1) is 12.4 Å². The van der Waals surface area contributed by atoms with Crippen molar-refractivity contribution in [3.8, 4) is 0 Å². The van der Waals surface area contributed by atoms with Crippen molar-refractivity contribution in [2.24, 2.45) is 0 Å². The van der Waals surface area contributed by atoms with Gasteiger partial charge in [-0.2, -0.15) is 10.2 Å². The summed E-state index contributed by atoms with van der Waals surface area (Å²) in [5, 5.41) is 12.1. The van der Waals surface area contributed by atoms with E-state index in [1.165, 1.54) is 11.1 Å². The molecule has 1 N–H and O–H groups in total. The van der Waals surface area contributed by atoms with Crippen LogP contribution in [-0.4, -0.2) is 19.6 Å². The Bertz CT molecular complexity index is 503. The molecule has 0 saturated heterocycles. The molecule has 2 aromatic rings. The predicted molar refractivity (Wildman–Crippen MR) is 82.9 cm³/mol. The van der Waals surface area contributed by atoms with Crippen LogP contribution >= 0.6 is 12.4 Å². The summed E-state index contributed by atoms with van der Waals surface area (Å²) in [5.41, 5.74) is 2.44. The van der Waals surface area contributed by atoms with Gasteiger partial charge in [-0.25, -0.2) is 0 Å². The fourth-order valence-electron chi connectivity index (χ4n) is 1.95. The fourth-order valence-corrected chi connectivity index (χ4v) is 1.95. The molecule has 0 bridgehead atoms. The lowest BCUT2D eigenvalue weighted by Crippen LogP contribution is -2.12. The summed E-state index contributed by atoms with van der Waals surface area (Å²) in [6.45, 7) is 9.09. The molecule has 2 rings (SSSR count). The molecule has 20 heavy (non-hydrogen) atoms. The molecule has 5 nitrogen and oxygen atoms in total. The molecule has 112 valence electrons. The smallest absolute Gasteiger partial charge is 0.0534 e. The molecule has 6 heteroatoms. The average molecular weight is 298 g/mol. The van der Waals surface area contributed by atoms with Crippen LogP contribution in [0.4, 0.5) is 0 Å². The third-order valence-corrected chi connectivity index (χ3v) is 2.98. The van der Waals surface area contributed by atoms with Crippen molar-refractivity contribution in [1.82, 2.24) is 24.9 Å². The molecule has 0 aliphatic heterocycles. The summed E-state index contributed by atoms with van der Waals surface area (Å²) in [5.74, 6) is 0. The van der Waals surface area contributed by atoms with Gasteiger partial charge in [-0.1, -0.05) is 6.92 Å². The summed E-state index contributed by atoms with van der Waals surface area (Å²) in [6.07, 6.45) is 9.17. The number of nitrogens with zero attached hydrogens (tertiary/aromatic N) is 4. The van der Waals surface area contributed by atoms with Crippen LogP contribution in [0.5, 0.6) is 0 Å². The molecule has 0 unspecified atom stereocenters. The fraction of sp³-hybridized carbons (Fsp3) is 0.571. The molecule has 0 radical (unpaired) electrons. The quantitative estimate of drug-likeness (QED) is 0.855. The monoisotopic (exact) mass is 297 g/mol. The summed E-state index contributed by atoms with van der Waals surface area (Å²) in [4.78, 5) is 0. The van der Waals surface area contributed by atoms with E-state index >= 15 is 0 Å². The summed E-state index contributed by atoms with van der Waals surface area (Å²) < 4.78 is 3.98. The van der Waals surface area contributed by atoms with Gasteiger partial charge in [-0.3, -0.25) is 9.36 Å². The Hall–Kier alpha value is -1.33. The summed E-state index contributed by atoms with van der Waals surface area (Å²) in [6, 6.07) is 0.418. The third kappa shape index (κ3) is 4.65. The summed E-state index contributed by atoms with van der Waals surface area (Å²) in [7, 11) is 0. The van der Waals surface area contributed by atoms with E-state index in [4.69, 9.17) is 0 Å². The first-order chi connectivity index (χ1) is 9.19. The van der Waals surface area contributed by atoms with Crippen LogP contribution in [0.1, 0.15) is 44.4 Å². The van der Waals surface area contributed by atoms with Gasteiger partial charge >= 0.3 is 0 Å². The second-order valence-electron chi connectivity index (χ2n) is 5.14. The second kappa shape index (κ2) is 8.07. The highest BCUT2D eigenvalue weighted by molar-refractivity contribution is 5.85. The third-order valence-electron chi connectivity index (χ3n) is 2.98. The largest absolute Gasteiger partial charge is 0.308 e. The zero-order valence-electron chi connectivity index (χ0n) is 12.4. The van der Waals surface area contributed by atoms with Gasteiger partial charge in [0.25, 0.3) is 0 Å². The van der Waals surface area contributed by atoms with E-state index in [0.29, 0.717) is 6.04 Å². The average Bonchev–Trinajstić information content (AvgIpc) is 2.99. The van der Waals surface area contributed by atoms with E-state index in [2.05, 4.69) is 48.7 Å². The number of halogens is 1. The molecule has 0 fully saturated rings. The van der Waals surface area contributed by atoms with Gasteiger partial charge in [0.2, 0.25) is 0 Å². The minimum Gasteiger partial charge on any atom is -0.308 e. The molecule has 0 atom stereocenters. The van der Waals surface area contributed by atoms with Crippen molar-refractivity contribution in [1.29, 1.82) is 0 Å². The first-order valence-electron chi connectivity index (χ1n) is 6.94. The highest BCUT2D eigenvalue weighted by atomic mass is 35.5. The van der Waals surface area contributed by atoms with Gasteiger partial charge in [-0.05, 0) is 20.3 Å². The Morgan fingerprint density at radius 1 is 1.10 bits per heavy atom. The van der Waals surface area contributed by atoms with Crippen LogP contribution in [0, 0.1) is 0 Å². The zero-order chi connectivity index (χ0) is 13.7. The first kappa shape index (κ1) is 16.7. The Morgan fingerprint density at radius 3 is 2.35 bits per heavy atom. The zero-order valence-corrected chi connectivity index (χ0v) is 13.2. The lowest BCUT2D eigenvalue weighted by molar-refractivity contribution is 0.531. The molecular formula is C14H24ClN5. The standard InChI is InChI=1S/C14H23N5.ClH/c1-4-5-18-10-13(8-16-18)6-15-7-14-9-17-19(11-14)12(2)3;/h8-12,15H,4-7H2,1-3H3;1H. The van der Waals surface area contributed by atoms with Gasteiger partial charge < -0.3 is 5.32 Å². The minimum absolute atomic E-state index is 0. The Balaban J connectivity index is 0.00000200. The molecule has 0 aliphatic rings. The van der Waals surface area contributed by atoms with E-state index in [1.54, 1.807) is 0 Å². The Morgan fingerprint density at radius 2 is 1.75 bits per heavy atom. The Labute approximate surface area is 126 Å². The lowest BCUT2D eigenvalue weighted by Gasteiger charge is -2.03.